The Hall–Kier alpha value is -0.640. The topological polar surface area (TPSA) is 29.1 Å². The Morgan fingerprint density at radius 1 is 1.44 bits per heavy atom. The van der Waals surface area contributed by atoms with Gasteiger partial charge in [-0.05, 0) is 12.1 Å². The molecule has 0 aliphatic rings. The average molecular weight is 276 g/mol. The summed E-state index contributed by atoms with van der Waals surface area (Å²) in [5.41, 5.74) is 0. The van der Waals surface area contributed by atoms with E-state index in [1.54, 1.807) is 6.07 Å². The molecule has 0 bridgehead atoms. The second-order valence-electron chi connectivity index (χ2n) is 3.01. The summed E-state index contributed by atoms with van der Waals surface area (Å²) in [4.78, 5) is 12.2. The molecule has 0 aliphatic heterocycles. The second-order valence-corrected chi connectivity index (χ2v) is 4.97. The monoisotopic (exact) mass is 275 g/mol. The van der Waals surface area contributed by atoms with Gasteiger partial charge in [0.1, 0.15) is 0 Å². The molecule has 0 atom stereocenters. The number of thioether (sulfide) groups is 1. The van der Waals surface area contributed by atoms with E-state index in [-0.39, 0.29) is 5.91 Å². The zero-order chi connectivity index (χ0) is 12.0. The lowest BCUT2D eigenvalue weighted by atomic mass is 10.4. The number of carbonyl (C=O) groups excluding carboxylic acids is 1. The first-order chi connectivity index (χ1) is 7.59. The number of halogens is 2. The van der Waals surface area contributed by atoms with Gasteiger partial charge in [-0.2, -0.15) is 0 Å². The van der Waals surface area contributed by atoms with Crippen LogP contribution in [0.3, 0.4) is 0 Å². The first-order valence-corrected chi connectivity index (χ1v) is 6.31. The molecule has 0 unspecified atom stereocenters. The summed E-state index contributed by atoms with van der Waals surface area (Å²) in [6.07, 6.45) is 0. The number of hydrogen-bond acceptors (Lipinski definition) is 2. The Labute approximate surface area is 109 Å². The van der Waals surface area contributed by atoms with Gasteiger partial charge in [0, 0.05) is 9.93 Å². The summed E-state index contributed by atoms with van der Waals surface area (Å²) in [6, 6.07) is 7.40. The zero-order valence-electron chi connectivity index (χ0n) is 8.50. The van der Waals surface area contributed by atoms with E-state index in [1.807, 2.05) is 18.2 Å². The molecule has 0 radical (unpaired) electrons. The molecule has 0 saturated heterocycles. The number of nitrogens with one attached hydrogen (secondary N) is 1. The Morgan fingerprint density at radius 3 is 2.75 bits per heavy atom. The fraction of sp³-hybridized carbons (Fsp3) is 0.182. The molecular formula is C11H11Cl2NOS. The number of rotatable bonds is 5. The van der Waals surface area contributed by atoms with Gasteiger partial charge in [0.15, 0.2) is 0 Å². The standard InChI is InChI=1S/C11H11Cl2NOS/c1-8(12)6-14-11(15)7-16-10-5-3-2-4-9(10)13/h2-5H,1,6-7H2,(H,14,15). The number of hydrogen-bond donors (Lipinski definition) is 1. The molecule has 16 heavy (non-hydrogen) atoms. The lowest BCUT2D eigenvalue weighted by molar-refractivity contribution is -0.118. The molecule has 0 aromatic heterocycles. The summed E-state index contributed by atoms with van der Waals surface area (Å²) < 4.78 is 0. The van der Waals surface area contributed by atoms with Gasteiger partial charge in [-0.25, -0.2) is 0 Å². The van der Waals surface area contributed by atoms with Crippen molar-refractivity contribution >= 4 is 40.9 Å². The average Bonchev–Trinajstić information content (AvgIpc) is 2.25. The van der Waals surface area contributed by atoms with Gasteiger partial charge >= 0.3 is 0 Å². The van der Waals surface area contributed by atoms with E-state index in [1.165, 1.54) is 11.8 Å². The summed E-state index contributed by atoms with van der Waals surface area (Å²) in [7, 11) is 0. The van der Waals surface area contributed by atoms with Gasteiger partial charge in [-0.15, -0.1) is 11.8 Å². The van der Waals surface area contributed by atoms with Crippen LogP contribution in [0.2, 0.25) is 5.02 Å². The van der Waals surface area contributed by atoms with Crippen LogP contribution in [0, 0.1) is 0 Å². The van der Waals surface area contributed by atoms with Crippen molar-refractivity contribution in [1.82, 2.24) is 5.32 Å². The van der Waals surface area contributed by atoms with E-state index in [0.29, 0.717) is 22.4 Å². The largest absolute Gasteiger partial charge is 0.350 e. The van der Waals surface area contributed by atoms with Gasteiger partial charge in [-0.1, -0.05) is 41.9 Å². The van der Waals surface area contributed by atoms with Crippen LogP contribution in [0.25, 0.3) is 0 Å². The maximum absolute atomic E-state index is 11.4. The van der Waals surface area contributed by atoms with Crippen molar-refractivity contribution in [2.24, 2.45) is 0 Å². The molecular weight excluding hydrogens is 265 g/mol. The first-order valence-electron chi connectivity index (χ1n) is 4.57. The van der Waals surface area contributed by atoms with Crippen molar-refractivity contribution < 1.29 is 4.79 Å². The predicted molar refractivity (Wildman–Crippen MR) is 70.2 cm³/mol. The van der Waals surface area contributed by atoms with Crippen molar-refractivity contribution in [3.8, 4) is 0 Å². The lowest BCUT2D eigenvalue weighted by Crippen LogP contribution is -2.26. The molecule has 1 rings (SSSR count). The van der Waals surface area contributed by atoms with Crippen molar-refractivity contribution in [2.75, 3.05) is 12.3 Å². The Balaban J connectivity index is 2.37. The molecule has 0 aliphatic carbocycles. The van der Waals surface area contributed by atoms with Crippen LogP contribution < -0.4 is 5.32 Å². The third-order valence-electron chi connectivity index (χ3n) is 1.67. The van der Waals surface area contributed by atoms with E-state index in [9.17, 15) is 4.79 Å². The van der Waals surface area contributed by atoms with Crippen molar-refractivity contribution in [1.29, 1.82) is 0 Å². The predicted octanol–water partition coefficient (Wildman–Crippen LogP) is 3.30. The molecule has 5 heteroatoms. The van der Waals surface area contributed by atoms with Crippen molar-refractivity contribution in [2.45, 2.75) is 4.90 Å². The minimum absolute atomic E-state index is 0.0910. The normalized spacial score (nSPS) is 9.88. The Morgan fingerprint density at radius 2 is 2.12 bits per heavy atom. The van der Waals surface area contributed by atoms with Crippen LogP contribution in [0.4, 0.5) is 0 Å². The fourth-order valence-electron chi connectivity index (χ4n) is 0.951. The molecule has 0 fully saturated rings. The molecule has 1 N–H and O–H groups in total. The first kappa shape index (κ1) is 13.4. The Kier molecular flexibility index (Phi) is 5.74. The number of amides is 1. The maximum Gasteiger partial charge on any atom is 0.230 e. The molecule has 2 nitrogen and oxygen atoms in total. The van der Waals surface area contributed by atoms with Crippen molar-refractivity contribution in [3.05, 3.63) is 40.9 Å². The summed E-state index contributed by atoms with van der Waals surface area (Å²) in [6.45, 7) is 3.78. The molecule has 1 aromatic carbocycles. The van der Waals surface area contributed by atoms with Crippen LogP contribution in [0.15, 0.2) is 40.8 Å². The van der Waals surface area contributed by atoms with Crippen LogP contribution >= 0.6 is 35.0 Å². The molecule has 0 saturated carbocycles. The summed E-state index contributed by atoms with van der Waals surface area (Å²) in [5.74, 6) is 0.222. The van der Waals surface area contributed by atoms with Gasteiger partial charge in [0.2, 0.25) is 5.91 Å². The summed E-state index contributed by atoms with van der Waals surface area (Å²) in [5, 5.41) is 3.71. The maximum atomic E-state index is 11.4. The highest BCUT2D eigenvalue weighted by molar-refractivity contribution is 8.00. The summed E-state index contributed by atoms with van der Waals surface area (Å²) >= 11 is 12.9. The van der Waals surface area contributed by atoms with Crippen LogP contribution in [0.1, 0.15) is 0 Å². The smallest absolute Gasteiger partial charge is 0.230 e. The van der Waals surface area contributed by atoms with Gasteiger partial charge in [-0.3, -0.25) is 4.79 Å². The van der Waals surface area contributed by atoms with Gasteiger partial charge < -0.3 is 5.32 Å². The number of benzene rings is 1. The highest BCUT2D eigenvalue weighted by Crippen LogP contribution is 2.26. The van der Waals surface area contributed by atoms with Crippen LogP contribution in [0.5, 0.6) is 0 Å². The van der Waals surface area contributed by atoms with Gasteiger partial charge in [0.25, 0.3) is 0 Å². The Bertz CT molecular complexity index is 395. The van der Waals surface area contributed by atoms with E-state index in [2.05, 4.69) is 11.9 Å². The molecule has 1 amide bonds. The van der Waals surface area contributed by atoms with Crippen LogP contribution in [-0.4, -0.2) is 18.2 Å². The minimum Gasteiger partial charge on any atom is -0.350 e. The SMILES string of the molecule is C=C(Cl)CNC(=O)CSc1ccccc1Cl. The third kappa shape index (κ3) is 4.92. The molecule has 0 heterocycles. The van der Waals surface area contributed by atoms with Gasteiger partial charge in [0.05, 0.1) is 17.3 Å². The minimum atomic E-state index is -0.0910. The van der Waals surface area contributed by atoms with Crippen molar-refractivity contribution in [3.63, 3.8) is 0 Å². The zero-order valence-corrected chi connectivity index (χ0v) is 10.8. The highest BCUT2D eigenvalue weighted by atomic mass is 35.5. The molecule has 0 spiro atoms. The second kappa shape index (κ2) is 6.84. The fourth-order valence-corrected chi connectivity index (χ4v) is 2.09. The van der Waals surface area contributed by atoms with E-state index < -0.39 is 0 Å². The lowest BCUT2D eigenvalue weighted by Gasteiger charge is -2.04. The third-order valence-corrected chi connectivity index (χ3v) is 3.32. The quantitative estimate of drug-likeness (QED) is 0.836. The van der Waals surface area contributed by atoms with E-state index in [0.717, 1.165) is 4.90 Å². The van der Waals surface area contributed by atoms with E-state index in [4.69, 9.17) is 23.2 Å². The molecule has 1 aromatic rings. The number of carbonyl (C=O) groups is 1. The molecule has 86 valence electrons. The van der Waals surface area contributed by atoms with Crippen LogP contribution in [-0.2, 0) is 4.79 Å². The highest BCUT2D eigenvalue weighted by Gasteiger charge is 2.04. The van der Waals surface area contributed by atoms with E-state index >= 15 is 0 Å².